The summed E-state index contributed by atoms with van der Waals surface area (Å²) in [5, 5.41) is 14.5. The molecule has 2 heterocycles. The molecule has 0 radical (unpaired) electrons. The topological polar surface area (TPSA) is 119 Å². The molecule has 1 saturated carbocycles. The van der Waals surface area contributed by atoms with Crippen LogP contribution < -0.4 is 10.6 Å². The summed E-state index contributed by atoms with van der Waals surface area (Å²) in [6.45, 7) is 3.60. The molecule has 154 valence electrons. The minimum atomic E-state index is -0.523. The van der Waals surface area contributed by atoms with Crippen molar-refractivity contribution in [3.8, 4) is 0 Å². The highest BCUT2D eigenvalue weighted by molar-refractivity contribution is 5.74. The molecule has 1 atom stereocenters. The fourth-order valence-corrected chi connectivity index (χ4v) is 3.69. The van der Waals surface area contributed by atoms with Crippen LogP contribution in [0.3, 0.4) is 0 Å². The summed E-state index contributed by atoms with van der Waals surface area (Å²) >= 11 is 0. The van der Waals surface area contributed by atoms with Crippen LogP contribution in [0.2, 0.25) is 0 Å². The lowest BCUT2D eigenvalue weighted by atomic mass is 9.89. The van der Waals surface area contributed by atoms with Gasteiger partial charge in [0, 0.05) is 32.2 Å². The molecule has 1 unspecified atom stereocenters. The van der Waals surface area contributed by atoms with Gasteiger partial charge in [-0.2, -0.15) is 9.97 Å². The average molecular weight is 390 g/mol. The molecule has 0 aliphatic heterocycles. The van der Waals surface area contributed by atoms with E-state index in [1.54, 1.807) is 0 Å². The van der Waals surface area contributed by atoms with Gasteiger partial charge in [0.1, 0.15) is 5.54 Å². The van der Waals surface area contributed by atoms with Crippen molar-refractivity contribution in [1.82, 2.24) is 30.9 Å². The Balaban J connectivity index is 1.65. The lowest BCUT2D eigenvalue weighted by Gasteiger charge is -2.30. The van der Waals surface area contributed by atoms with Gasteiger partial charge in [-0.1, -0.05) is 36.0 Å². The molecule has 0 spiro atoms. The minimum Gasteiger partial charge on any atom is -0.343 e. The molecule has 9 heteroatoms. The van der Waals surface area contributed by atoms with E-state index >= 15 is 0 Å². The molecule has 2 aromatic rings. The number of carbonyl (C=O) groups excluding carboxylic acids is 1. The number of rotatable bonds is 8. The second kappa shape index (κ2) is 9.27. The molecule has 28 heavy (non-hydrogen) atoms. The van der Waals surface area contributed by atoms with Crippen LogP contribution in [0.4, 0.5) is 0 Å². The van der Waals surface area contributed by atoms with E-state index in [-0.39, 0.29) is 11.9 Å². The Hall–Kier alpha value is -2.29. The third-order valence-corrected chi connectivity index (χ3v) is 5.31. The zero-order valence-electron chi connectivity index (χ0n) is 17.0. The van der Waals surface area contributed by atoms with Crippen LogP contribution in [-0.2, 0) is 29.6 Å². The SMILES string of the molecule is CNC(C)Cc1noc(CCc2nc(C3(NC(C)=O)CCCCCC3)no2)n1. The Morgan fingerprint density at radius 3 is 2.36 bits per heavy atom. The second-order valence-corrected chi connectivity index (χ2v) is 7.69. The number of aromatic nitrogens is 4. The van der Waals surface area contributed by atoms with Crippen molar-refractivity contribution in [2.24, 2.45) is 0 Å². The van der Waals surface area contributed by atoms with Crippen LogP contribution in [0.15, 0.2) is 9.05 Å². The molecule has 2 N–H and O–H groups in total. The summed E-state index contributed by atoms with van der Waals surface area (Å²) in [6, 6.07) is 0.286. The van der Waals surface area contributed by atoms with E-state index in [4.69, 9.17) is 9.05 Å². The van der Waals surface area contributed by atoms with Gasteiger partial charge < -0.3 is 19.7 Å². The average Bonchev–Trinajstić information content (AvgIpc) is 3.26. The van der Waals surface area contributed by atoms with Gasteiger partial charge in [-0.25, -0.2) is 0 Å². The number of hydrogen-bond acceptors (Lipinski definition) is 8. The van der Waals surface area contributed by atoms with Gasteiger partial charge in [0.15, 0.2) is 11.6 Å². The molecule has 0 bridgehead atoms. The van der Waals surface area contributed by atoms with Gasteiger partial charge in [-0.15, -0.1) is 0 Å². The van der Waals surface area contributed by atoms with Gasteiger partial charge in [-0.05, 0) is 26.8 Å². The van der Waals surface area contributed by atoms with E-state index in [1.807, 2.05) is 7.05 Å². The predicted molar refractivity (Wildman–Crippen MR) is 101 cm³/mol. The van der Waals surface area contributed by atoms with Gasteiger partial charge in [0.25, 0.3) is 0 Å². The molecule has 1 fully saturated rings. The molecule has 1 amide bonds. The van der Waals surface area contributed by atoms with E-state index < -0.39 is 5.54 Å². The number of hydrogen-bond donors (Lipinski definition) is 2. The number of nitrogens with one attached hydrogen (secondary N) is 2. The van der Waals surface area contributed by atoms with E-state index in [9.17, 15) is 4.79 Å². The molecule has 9 nitrogen and oxygen atoms in total. The van der Waals surface area contributed by atoms with Crippen molar-refractivity contribution in [3.05, 3.63) is 23.4 Å². The van der Waals surface area contributed by atoms with Crippen molar-refractivity contribution in [3.63, 3.8) is 0 Å². The fourth-order valence-electron chi connectivity index (χ4n) is 3.69. The monoisotopic (exact) mass is 390 g/mol. The lowest BCUT2D eigenvalue weighted by Crippen LogP contribution is -2.45. The number of amides is 1. The van der Waals surface area contributed by atoms with Gasteiger partial charge in [0.2, 0.25) is 17.7 Å². The summed E-state index contributed by atoms with van der Waals surface area (Å²) in [5.41, 5.74) is -0.523. The van der Waals surface area contributed by atoms with Crippen LogP contribution in [-0.4, -0.2) is 39.3 Å². The predicted octanol–water partition coefficient (Wildman–Crippen LogP) is 2.07. The van der Waals surface area contributed by atoms with Crippen molar-refractivity contribution < 1.29 is 13.8 Å². The molecular weight excluding hydrogens is 360 g/mol. The van der Waals surface area contributed by atoms with Crippen molar-refractivity contribution in [2.75, 3.05) is 7.05 Å². The van der Waals surface area contributed by atoms with Crippen LogP contribution in [0.5, 0.6) is 0 Å². The summed E-state index contributed by atoms with van der Waals surface area (Å²) < 4.78 is 10.8. The molecule has 1 aliphatic rings. The first-order chi connectivity index (χ1) is 13.5. The summed E-state index contributed by atoms with van der Waals surface area (Å²) in [6.07, 6.45) is 7.85. The number of aryl methyl sites for hydroxylation is 2. The molecule has 1 aliphatic carbocycles. The largest absolute Gasteiger partial charge is 0.343 e. The lowest BCUT2D eigenvalue weighted by molar-refractivity contribution is -0.121. The van der Waals surface area contributed by atoms with Gasteiger partial charge in [-0.3, -0.25) is 4.79 Å². The van der Waals surface area contributed by atoms with Gasteiger partial charge >= 0.3 is 0 Å². The first kappa shape index (κ1) is 20.4. The Morgan fingerprint density at radius 2 is 1.71 bits per heavy atom. The minimum absolute atomic E-state index is 0.0672. The molecule has 3 rings (SSSR count). The zero-order valence-corrected chi connectivity index (χ0v) is 17.0. The molecule has 0 aromatic carbocycles. The molecule has 2 aromatic heterocycles. The van der Waals surface area contributed by atoms with Crippen LogP contribution in [0.25, 0.3) is 0 Å². The molecular formula is C19H30N6O3. The van der Waals surface area contributed by atoms with Crippen LogP contribution in [0, 0.1) is 0 Å². The Labute approximate surface area is 165 Å². The smallest absolute Gasteiger partial charge is 0.227 e. The third-order valence-electron chi connectivity index (χ3n) is 5.31. The highest BCUT2D eigenvalue weighted by atomic mass is 16.5. The quantitative estimate of drug-likeness (QED) is 0.658. The van der Waals surface area contributed by atoms with E-state index in [1.165, 1.54) is 6.92 Å². The van der Waals surface area contributed by atoms with E-state index in [2.05, 4.69) is 37.8 Å². The maximum Gasteiger partial charge on any atom is 0.227 e. The maximum absolute atomic E-state index is 11.8. The Morgan fingerprint density at radius 1 is 1.07 bits per heavy atom. The third kappa shape index (κ3) is 5.15. The highest BCUT2D eigenvalue weighted by Gasteiger charge is 2.38. The standard InChI is InChI=1S/C19H30N6O3/c1-13(20-3)12-15-21-16(27-24-15)8-9-17-22-18(25-28-17)19(23-14(2)26)10-6-4-5-7-11-19/h13,20H,4-12H2,1-3H3,(H,23,26). The zero-order chi connectivity index (χ0) is 20.0. The van der Waals surface area contributed by atoms with Crippen LogP contribution >= 0.6 is 0 Å². The summed E-state index contributed by atoms with van der Waals surface area (Å²) in [5.74, 6) is 2.28. The van der Waals surface area contributed by atoms with E-state index in [0.717, 1.165) is 38.5 Å². The summed E-state index contributed by atoms with van der Waals surface area (Å²) in [7, 11) is 1.90. The Kier molecular flexibility index (Phi) is 6.77. The number of nitrogens with zero attached hydrogens (tertiary/aromatic N) is 4. The normalized spacial score (nSPS) is 17.8. The summed E-state index contributed by atoms with van der Waals surface area (Å²) in [4.78, 5) is 20.8. The molecule has 0 saturated heterocycles. The first-order valence-electron chi connectivity index (χ1n) is 10.1. The van der Waals surface area contributed by atoms with Crippen molar-refractivity contribution in [1.29, 1.82) is 0 Å². The van der Waals surface area contributed by atoms with Crippen molar-refractivity contribution in [2.45, 2.75) is 83.2 Å². The first-order valence-corrected chi connectivity index (χ1v) is 10.1. The maximum atomic E-state index is 11.8. The fraction of sp³-hybridized carbons (Fsp3) is 0.737. The van der Waals surface area contributed by atoms with E-state index in [0.29, 0.717) is 42.7 Å². The van der Waals surface area contributed by atoms with Gasteiger partial charge in [0.05, 0.1) is 0 Å². The van der Waals surface area contributed by atoms with Crippen molar-refractivity contribution >= 4 is 5.91 Å². The second-order valence-electron chi connectivity index (χ2n) is 7.69. The highest BCUT2D eigenvalue weighted by Crippen LogP contribution is 2.34. The Bertz CT molecular complexity index is 763. The van der Waals surface area contributed by atoms with Crippen LogP contribution in [0.1, 0.15) is 75.8 Å². The number of likely N-dealkylation sites (N-methyl/N-ethyl adjacent to an activating group) is 1. The number of carbonyl (C=O) groups is 1.